The number of fused-ring (bicyclic) bond motifs is 1. The lowest BCUT2D eigenvalue weighted by atomic mass is 10.2. The maximum absolute atomic E-state index is 12.3. The van der Waals surface area contributed by atoms with Crippen LogP contribution in [0, 0.1) is 6.92 Å². The number of amides is 1. The molecule has 0 aliphatic carbocycles. The molecule has 0 radical (unpaired) electrons. The maximum Gasteiger partial charge on any atom is 0.270 e. The first-order valence-electron chi connectivity index (χ1n) is 9.70. The van der Waals surface area contributed by atoms with Crippen molar-refractivity contribution in [1.82, 2.24) is 20.2 Å². The molecule has 0 atom stereocenters. The van der Waals surface area contributed by atoms with Crippen LogP contribution < -0.4 is 5.32 Å². The molecule has 0 saturated carbocycles. The number of benzene rings is 1. The fourth-order valence-electron chi connectivity index (χ4n) is 3.10. The van der Waals surface area contributed by atoms with Gasteiger partial charge in [-0.05, 0) is 37.6 Å². The molecule has 1 N–H and O–H groups in total. The number of hydrogen-bond donors (Lipinski definition) is 1. The largest absolute Gasteiger partial charge is 0.431 e. The van der Waals surface area contributed by atoms with E-state index in [1.165, 1.54) is 23.1 Å². The Labute approximate surface area is 177 Å². The molecule has 4 rings (SSSR count). The number of ether oxygens (including phenoxy) is 1. The number of rotatable bonds is 8. The van der Waals surface area contributed by atoms with Crippen LogP contribution in [0.5, 0.6) is 0 Å². The third-order valence-electron chi connectivity index (χ3n) is 4.67. The highest BCUT2D eigenvalue weighted by Gasteiger charge is 2.13. The van der Waals surface area contributed by atoms with E-state index in [-0.39, 0.29) is 5.91 Å². The normalized spacial score (nSPS) is 15.1. The molecule has 1 aromatic carbocycles. The molecular weight excluding hydrogens is 408 g/mol. The SMILES string of the molecule is Cc1ccc2oc(SCc3nc(C(=O)NCCCN4CCOCC4)cs3)nc2c1. The lowest BCUT2D eigenvalue weighted by molar-refractivity contribution is 0.0374. The zero-order valence-corrected chi connectivity index (χ0v) is 18.0. The van der Waals surface area contributed by atoms with Crippen molar-refractivity contribution in [3.05, 3.63) is 39.8 Å². The zero-order chi connectivity index (χ0) is 20.1. The van der Waals surface area contributed by atoms with Crippen molar-refractivity contribution < 1.29 is 13.9 Å². The van der Waals surface area contributed by atoms with Crippen LogP contribution in [0.3, 0.4) is 0 Å². The third-order valence-corrected chi connectivity index (χ3v) is 6.54. The summed E-state index contributed by atoms with van der Waals surface area (Å²) in [5.74, 6) is 0.512. The van der Waals surface area contributed by atoms with Crippen LogP contribution in [0.25, 0.3) is 11.1 Å². The summed E-state index contributed by atoms with van der Waals surface area (Å²) in [4.78, 5) is 23.6. The van der Waals surface area contributed by atoms with E-state index in [0.29, 0.717) is 23.2 Å². The van der Waals surface area contributed by atoms with Gasteiger partial charge >= 0.3 is 0 Å². The molecule has 154 valence electrons. The number of nitrogens with zero attached hydrogens (tertiary/aromatic N) is 3. The van der Waals surface area contributed by atoms with E-state index in [4.69, 9.17) is 9.15 Å². The number of hydrogen-bond acceptors (Lipinski definition) is 8. The molecule has 1 aliphatic heterocycles. The van der Waals surface area contributed by atoms with Gasteiger partial charge in [0.15, 0.2) is 5.58 Å². The Balaban J connectivity index is 1.22. The van der Waals surface area contributed by atoms with Crippen molar-refractivity contribution in [2.45, 2.75) is 24.3 Å². The van der Waals surface area contributed by atoms with Crippen LogP contribution in [0.2, 0.25) is 0 Å². The Morgan fingerprint density at radius 3 is 3.03 bits per heavy atom. The van der Waals surface area contributed by atoms with E-state index < -0.39 is 0 Å². The van der Waals surface area contributed by atoms with E-state index in [9.17, 15) is 4.79 Å². The van der Waals surface area contributed by atoms with Gasteiger partial charge in [0.1, 0.15) is 16.2 Å². The van der Waals surface area contributed by atoms with Crippen LogP contribution in [0.4, 0.5) is 0 Å². The predicted molar refractivity (Wildman–Crippen MR) is 115 cm³/mol. The summed E-state index contributed by atoms with van der Waals surface area (Å²) in [6, 6.07) is 5.95. The smallest absolute Gasteiger partial charge is 0.270 e. The monoisotopic (exact) mass is 432 g/mol. The van der Waals surface area contributed by atoms with Gasteiger partial charge in [-0.3, -0.25) is 9.69 Å². The Kier molecular flexibility index (Phi) is 6.81. The highest BCUT2D eigenvalue weighted by Crippen LogP contribution is 2.27. The Morgan fingerprint density at radius 2 is 2.17 bits per heavy atom. The van der Waals surface area contributed by atoms with Gasteiger partial charge in [-0.15, -0.1) is 11.3 Å². The highest BCUT2D eigenvalue weighted by molar-refractivity contribution is 7.98. The minimum atomic E-state index is -0.114. The zero-order valence-electron chi connectivity index (χ0n) is 16.3. The van der Waals surface area contributed by atoms with Gasteiger partial charge in [-0.1, -0.05) is 17.8 Å². The Bertz CT molecular complexity index is 966. The topological polar surface area (TPSA) is 80.5 Å². The molecule has 9 heteroatoms. The van der Waals surface area contributed by atoms with E-state index >= 15 is 0 Å². The first kappa shape index (κ1) is 20.3. The van der Waals surface area contributed by atoms with Crippen LogP contribution in [0.15, 0.2) is 33.2 Å². The van der Waals surface area contributed by atoms with E-state index in [1.54, 1.807) is 0 Å². The van der Waals surface area contributed by atoms with Gasteiger partial charge in [-0.25, -0.2) is 9.97 Å². The third kappa shape index (κ3) is 5.57. The lowest BCUT2D eigenvalue weighted by Crippen LogP contribution is -2.38. The number of nitrogens with one attached hydrogen (secondary N) is 1. The van der Waals surface area contributed by atoms with Crippen LogP contribution >= 0.6 is 23.1 Å². The second-order valence-electron chi connectivity index (χ2n) is 6.93. The van der Waals surface area contributed by atoms with Crippen LogP contribution in [0.1, 0.15) is 27.5 Å². The number of thioether (sulfide) groups is 1. The predicted octanol–water partition coefficient (Wildman–Crippen LogP) is 3.34. The maximum atomic E-state index is 12.3. The standard InChI is InChI=1S/C20H24N4O3S2/c1-14-3-4-17-15(11-14)23-20(27-17)29-13-18-22-16(12-28-18)19(25)21-5-2-6-24-7-9-26-10-8-24/h3-4,11-12H,2,5-10,13H2,1H3,(H,21,25). The summed E-state index contributed by atoms with van der Waals surface area (Å²) in [6.45, 7) is 7.21. The van der Waals surface area contributed by atoms with Crippen molar-refractivity contribution in [1.29, 1.82) is 0 Å². The van der Waals surface area contributed by atoms with Gasteiger partial charge in [0.25, 0.3) is 11.1 Å². The molecule has 1 aliphatic rings. The molecule has 2 aromatic heterocycles. The summed E-state index contributed by atoms with van der Waals surface area (Å²) in [5.41, 5.74) is 3.28. The Hall–Kier alpha value is -1.94. The van der Waals surface area contributed by atoms with Gasteiger partial charge in [0.2, 0.25) is 0 Å². The van der Waals surface area contributed by atoms with Crippen molar-refractivity contribution >= 4 is 40.1 Å². The number of carbonyl (C=O) groups excluding carboxylic acids is 1. The van der Waals surface area contributed by atoms with Crippen molar-refractivity contribution in [2.24, 2.45) is 0 Å². The summed E-state index contributed by atoms with van der Waals surface area (Å²) in [7, 11) is 0. The summed E-state index contributed by atoms with van der Waals surface area (Å²) in [5, 5.41) is 6.27. The van der Waals surface area contributed by atoms with Gasteiger partial charge in [-0.2, -0.15) is 0 Å². The molecule has 1 saturated heterocycles. The molecule has 7 nitrogen and oxygen atoms in total. The van der Waals surface area contributed by atoms with Gasteiger partial charge in [0.05, 0.1) is 19.0 Å². The number of aryl methyl sites for hydroxylation is 1. The van der Waals surface area contributed by atoms with Gasteiger partial charge in [0, 0.05) is 25.0 Å². The van der Waals surface area contributed by atoms with Crippen molar-refractivity contribution in [3.63, 3.8) is 0 Å². The number of aromatic nitrogens is 2. The molecule has 0 bridgehead atoms. The fraction of sp³-hybridized carbons (Fsp3) is 0.450. The first-order valence-corrected chi connectivity index (χ1v) is 11.6. The molecule has 0 unspecified atom stereocenters. The average Bonchev–Trinajstić information content (AvgIpc) is 3.36. The second-order valence-corrected chi connectivity index (χ2v) is 8.80. The highest BCUT2D eigenvalue weighted by atomic mass is 32.2. The lowest BCUT2D eigenvalue weighted by Gasteiger charge is -2.26. The minimum Gasteiger partial charge on any atom is -0.431 e. The number of thiazole rings is 1. The summed E-state index contributed by atoms with van der Waals surface area (Å²) >= 11 is 2.97. The summed E-state index contributed by atoms with van der Waals surface area (Å²) in [6.07, 6.45) is 0.926. The van der Waals surface area contributed by atoms with E-state index in [2.05, 4.69) is 20.2 Å². The number of morpholine rings is 1. The fourth-order valence-corrected chi connectivity index (χ4v) is 4.73. The molecule has 29 heavy (non-hydrogen) atoms. The Morgan fingerprint density at radius 1 is 1.31 bits per heavy atom. The molecular formula is C20H24N4O3S2. The van der Waals surface area contributed by atoms with Crippen LogP contribution in [-0.4, -0.2) is 60.2 Å². The average molecular weight is 433 g/mol. The van der Waals surface area contributed by atoms with E-state index in [0.717, 1.165) is 60.9 Å². The first-order chi connectivity index (χ1) is 14.2. The minimum absolute atomic E-state index is 0.114. The molecule has 1 amide bonds. The summed E-state index contributed by atoms with van der Waals surface area (Å²) < 4.78 is 11.1. The quantitative estimate of drug-likeness (QED) is 0.432. The number of oxazole rings is 1. The number of carbonyl (C=O) groups is 1. The molecule has 3 heterocycles. The molecule has 1 fully saturated rings. The van der Waals surface area contributed by atoms with Gasteiger partial charge < -0.3 is 14.5 Å². The second kappa shape index (κ2) is 9.71. The molecule has 3 aromatic rings. The van der Waals surface area contributed by atoms with Crippen molar-refractivity contribution in [2.75, 3.05) is 39.4 Å². The van der Waals surface area contributed by atoms with Crippen molar-refractivity contribution in [3.8, 4) is 0 Å². The molecule has 0 spiro atoms. The van der Waals surface area contributed by atoms with E-state index in [1.807, 2.05) is 30.5 Å². The van der Waals surface area contributed by atoms with Crippen LogP contribution in [-0.2, 0) is 10.5 Å².